The Morgan fingerprint density at radius 2 is 2.00 bits per heavy atom. The second-order valence-electron chi connectivity index (χ2n) is 5.88. The van der Waals surface area contributed by atoms with Gasteiger partial charge in [-0.3, -0.25) is 10.1 Å². The van der Waals surface area contributed by atoms with Gasteiger partial charge in [-0.05, 0) is 43.2 Å². The van der Waals surface area contributed by atoms with Crippen molar-refractivity contribution in [3.05, 3.63) is 47.7 Å². The number of benzene rings is 1. The van der Waals surface area contributed by atoms with Gasteiger partial charge in [-0.25, -0.2) is 4.79 Å². The van der Waals surface area contributed by atoms with Gasteiger partial charge >= 0.3 is 6.03 Å². The van der Waals surface area contributed by atoms with Crippen LogP contribution in [0.2, 0.25) is 0 Å². The highest BCUT2D eigenvalue weighted by Crippen LogP contribution is 2.22. The zero-order valence-corrected chi connectivity index (χ0v) is 16.0. The predicted molar refractivity (Wildman–Crippen MR) is 103 cm³/mol. The summed E-state index contributed by atoms with van der Waals surface area (Å²) in [7, 11) is 1.78. The lowest BCUT2D eigenvalue weighted by atomic mass is 10.1. The number of furan rings is 1. The fraction of sp³-hybridized carbons (Fsp3) is 0.222. The smallest absolute Gasteiger partial charge is 0.325 e. The summed E-state index contributed by atoms with van der Waals surface area (Å²) < 4.78 is 7.03. The first-order valence-corrected chi connectivity index (χ1v) is 9.17. The van der Waals surface area contributed by atoms with Crippen LogP contribution in [0, 0.1) is 13.8 Å². The number of hydrogen-bond donors (Lipinski definition) is 2. The summed E-state index contributed by atoms with van der Waals surface area (Å²) >= 11 is 1.18. The molecule has 0 spiro atoms. The number of carbonyl (C=O) groups excluding carboxylic acids is 2. The average molecular weight is 385 g/mol. The van der Waals surface area contributed by atoms with Crippen molar-refractivity contribution >= 4 is 29.4 Å². The molecule has 0 bridgehead atoms. The second kappa shape index (κ2) is 8.09. The number of urea groups is 1. The molecule has 0 aliphatic carbocycles. The lowest BCUT2D eigenvalue weighted by Gasteiger charge is -2.10. The highest BCUT2D eigenvalue weighted by Gasteiger charge is 2.16. The monoisotopic (exact) mass is 385 g/mol. The number of aryl methyl sites for hydroxylation is 1. The number of hydrogen-bond acceptors (Lipinski definition) is 6. The third-order valence-corrected chi connectivity index (χ3v) is 5.03. The molecule has 2 heterocycles. The minimum Gasteiger partial charge on any atom is -0.461 e. The van der Waals surface area contributed by atoms with Gasteiger partial charge in [-0.15, -0.1) is 10.2 Å². The van der Waals surface area contributed by atoms with E-state index in [0.29, 0.717) is 22.4 Å². The fourth-order valence-electron chi connectivity index (χ4n) is 2.39. The van der Waals surface area contributed by atoms with Crippen molar-refractivity contribution in [2.45, 2.75) is 19.0 Å². The van der Waals surface area contributed by atoms with Crippen LogP contribution >= 0.6 is 11.8 Å². The summed E-state index contributed by atoms with van der Waals surface area (Å²) in [5, 5.41) is 13.7. The Morgan fingerprint density at radius 3 is 2.74 bits per heavy atom. The maximum atomic E-state index is 12.0. The molecule has 3 rings (SSSR count). The van der Waals surface area contributed by atoms with Crippen molar-refractivity contribution in [2.24, 2.45) is 7.05 Å². The standard InChI is InChI=1S/C18H19N5O3S/c1-11-6-4-7-13(12(11)2)19-17(25)20-15(24)10-27-18-22-21-16(23(18)3)14-8-5-9-26-14/h4-9H,10H2,1-3H3,(H2,19,20,24,25). The van der Waals surface area contributed by atoms with Crippen LogP contribution in [0.15, 0.2) is 46.2 Å². The summed E-state index contributed by atoms with van der Waals surface area (Å²) in [5.41, 5.74) is 2.69. The van der Waals surface area contributed by atoms with E-state index in [9.17, 15) is 9.59 Å². The topological polar surface area (TPSA) is 102 Å². The fourth-order valence-corrected chi connectivity index (χ4v) is 3.10. The Morgan fingerprint density at radius 1 is 1.19 bits per heavy atom. The minimum atomic E-state index is -0.566. The first kappa shape index (κ1) is 18.7. The molecule has 27 heavy (non-hydrogen) atoms. The highest BCUT2D eigenvalue weighted by atomic mass is 32.2. The van der Waals surface area contributed by atoms with E-state index in [4.69, 9.17) is 4.42 Å². The number of nitrogens with zero attached hydrogens (tertiary/aromatic N) is 3. The molecule has 0 radical (unpaired) electrons. The summed E-state index contributed by atoms with van der Waals surface area (Å²) in [6.45, 7) is 3.87. The first-order valence-electron chi connectivity index (χ1n) is 8.19. The molecule has 0 aliphatic rings. The lowest BCUT2D eigenvalue weighted by molar-refractivity contribution is -0.117. The third kappa shape index (κ3) is 4.37. The number of amides is 3. The van der Waals surface area contributed by atoms with E-state index in [-0.39, 0.29) is 5.75 Å². The van der Waals surface area contributed by atoms with Crippen LogP contribution in [0.1, 0.15) is 11.1 Å². The van der Waals surface area contributed by atoms with Gasteiger partial charge in [0.1, 0.15) is 0 Å². The Kier molecular flexibility index (Phi) is 5.60. The van der Waals surface area contributed by atoms with Gasteiger partial charge < -0.3 is 14.3 Å². The van der Waals surface area contributed by atoms with E-state index in [1.165, 1.54) is 11.8 Å². The Labute approximate surface area is 160 Å². The summed E-state index contributed by atoms with van der Waals surface area (Å²) in [5.74, 6) is 0.764. The van der Waals surface area contributed by atoms with Crippen molar-refractivity contribution < 1.29 is 14.0 Å². The zero-order valence-electron chi connectivity index (χ0n) is 15.1. The molecule has 0 saturated carbocycles. The lowest BCUT2D eigenvalue weighted by Crippen LogP contribution is -2.35. The van der Waals surface area contributed by atoms with Crippen LogP contribution in [-0.4, -0.2) is 32.5 Å². The van der Waals surface area contributed by atoms with E-state index in [0.717, 1.165) is 11.1 Å². The van der Waals surface area contributed by atoms with Gasteiger partial charge in [0.25, 0.3) is 0 Å². The van der Waals surface area contributed by atoms with Gasteiger partial charge in [0.05, 0.1) is 12.0 Å². The molecule has 0 saturated heterocycles. The van der Waals surface area contributed by atoms with Crippen LogP contribution in [0.25, 0.3) is 11.6 Å². The number of thioether (sulfide) groups is 1. The number of aromatic nitrogens is 3. The Hall–Kier alpha value is -3.07. The predicted octanol–water partition coefficient (Wildman–Crippen LogP) is 3.13. The van der Waals surface area contributed by atoms with Crippen LogP contribution < -0.4 is 10.6 Å². The van der Waals surface area contributed by atoms with Crippen molar-refractivity contribution in [3.8, 4) is 11.6 Å². The van der Waals surface area contributed by atoms with E-state index in [2.05, 4.69) is 20.8 Å². The highest BCUT2D eigenvalue weighted by molar-refractivity contribution is 7.99. The van der Waals surface area contributed by atoms with Gasteiger partial charge in [0, 0.05) is 12.7 Å². The molecule has 0 unspecified atom stereocenters. The molecule has 8 nitrogen and oxygen atoms in total. The van der Waals surface area contributed by atoms with Gasteiger partial charge in [0.15, 0.2) is 16.7 Å². The normalized spacial score (nSPS) is 10.6. The SMILES string of the molecule is Cc1cccc(NC(=O)NC(=O)CSc2nnc(-c3ccco3)n2C)c1C. The van der Waals surface area contributed by atoms with Crippen LogP contribution in [0.4, 0.5) is 10.5 Å². The Bertz CT molecular complexity index is 966. The average Bonchev–Trinajstić information content (AvgIpc) is 3.27. The van der Waals surface area contributed by atoms with Crippen LogP contribution in [0.3, 0.4) is 0 Å². The minimum absolute atomic E-state index is 0.0321. The molecule has 0 atom stereocenters. The number of imide groups is 1. The molecule has 2 aromatic heterocycles. The van der Waals surface area contributed by atoms with Gasteiger partial charge in [-0.2, -0.15) is 0 Å². The number of rotatable bonds is 5. The quantitative estimate of drug-likeness (QED) is 0.654. The molecule has 1 aromatic carbocycles. The Balaban J connectivity index is 1.54. The second-order valence-corrected chi connectivity index (χ2v) is 6.82. The summed E-state index contributed by atoms with van der Waals surface area (Å²) in [4.78, 5) is 24.1. The summed E-state index contributed by atoms with van der Waals surface area (Å²) in [6, 6.07) is 8.57. The summed E-state index contributed by atoms with van der Waals surface area (Å²) in [6.07, 6.45) is 1.55. The molecule has 3 amide bonds. The van der Waals surface area contributed by atoms with E-state index >= 15 is 0 Å². The van der Waals surface area contributed by atoms with Crippen LogP contribution in [-0.2, 0) is 11.8 Å². The van der Waals surface area contributed by atoms with E-state index in [1.54, 1.807) is 36.1 Å². The third-order valence-electron chi connectivity index (χ3n) is 4.01. The van der Waals surface area contributed by atoms with Gasteiger partial charge in [0.2, 0.25) is 5.91 Å². The molecular weight excluding hydrogens is 366 g/mol. The molecular formula is C18H19N5O3S. The number of anilines is 1. The molecule has 3 aromatic rings. The maximum absolute atomic E-state index is 12.0. The van der Waals surface area contributed by atoms with Crippen molar-refractivity contribution in [3.63, 3.8) is 0 Å². The zero-order chi connectivity index (χ0) is 19.4. The van der Waals surface area contributed by atoms with Crippen molar-refractivity contribution in [2.75, 3.05) is 11.1 Å². The molecule has 0 fully saturated rings. The van der Waals surface area contributed by atoms with Gasteiger partial charge in [-0.1, -0.05) is 23.9 Å². The maximum Gasteiger partial charge on any atom is 0.325 e. The van der Waals surface area contributed by atoms with Crippen LogP contribution in [0.5, 0.6) is 0 Å². The molecule has 9 heteroatoms. The molecule has 140 valence electrons. The molecule has 2 N–H and O–H groups in total. The van der Waals surface area contributed by atoms with Crippen molar-refractivity contribution in [1.82, 2.24) is 20.1 Å². The molecule has 0 aliphatic heterocycles. The largest absolute Gasteiger partial charge is 0.461 e. The first-order chi connectivity index (χ1) is 13.0. The number of carbonyl (C=O) groups is 2. The van der Waals surface area contributed by atoms with E-state index < -0.39 is 11.9 Å². The number of nitrogens with one attached hydrogen (secondary N) is 2. The van der Waals surface area contributed by atoms with Crippen molar-refractivity contribution in [1.29, 1.82) is 0 Å². The van der Waals surface area contributed by atoms with E-state index in [1.807, 2.05) is 26.0 Å².